The van der Waals surface area contributed by atoms with E-state index in [0.717, 1.165) is 11.1 Å². The molecule has 0 N–H and O–H groups in total. The van der Waals surface area contributed by atoms with Crippen LogP contribution in [0.5, 0.6) is 0 Å². The van der Waals surface area contributed by atoms with E-state index in [9.17, 15) is 4.79 Å². The molecule has 0 radical (unpaired) electrons. The van der Waals surface area contributed by atoms with Crippen molar-refractivity contribution in [3.63, 3.8) is 0 Å². The van der Waals surface area contributed by atoms with Gasteiger partial charge in [0.05, 0.1) is 12.2 Å². The summed E-state index contributed by atoms with van der Waals surface area (Å²) in [5, 5.41) is 3.87. The number of hydrogen-bond donors (Lipinski definition) is 0. The van der Waals surface area contributed by atoms with E-state index in [2.05, 4.69) is 13.8 Å². The zero-order valence-electron chi connectivity index (χ0n) is 8.16. The zero-order chi connectivity index (χ0) is 9.84. The monoisotopic (exact) mass is 198 g/mol. The Morgan fingerprint density at radius 1 is 1.54 bits per heavy atom. The van der Waals surface area contributed by atoms with Crippen molar-refractivity contribution in [2.45, 2.75) is 26.7 Å². The summed E-state index contributed by atoms with van der Waals surface area (Å²) in [5.41, 5.74) is 1.81. The van der Waals surface area contributed by atoms with Crippen molar-refractivity contribution in [1.82, 2.24) is 0 Å². The van der Waals surface area contributed by atoms with Crippen molar-refractivity contribution >= 4 is 17.3 Å². The van der Waals surface area contributed by atoms with Crippen molar-refractivity contribution in [1.29, 1.82) is 0 Å². The molecule has 1 rings (SSSR count). The SMILES string of the molecule is CCOC(=O)c1cscc1C(C)C. The summed E-state index contributed by atoms with van der Waals surface area (Å²) in [6, 6.07) is 0. The molecule has 0 spiro atoms. The summed E-state index contributed by atoms with van der Waals surface area (Å²) in [6.45, 7) is 6.40. The first-order valence-electron chi connectivity index (χ1n) is 4.40. The summed E-state index contributed by atoms with van der Waals surface area (Å²) >= 11 is 1.55. The molecule has 0 saturated heterocycles. The van der Waals surface area contributed by atoms with E-state index >= 15 is 0 Å². The van der Waals surface area contributed by atoms with Crippen molar-refractivity contribution in [3.05, 3.63) is 21.9 Å². The molecule has 0 aromatic carbocycles. The molecule has 1 heterocycles. The van der Waals surface area contributed by atoms with Gasteiger partial charge in [-0.2, -0.15) is 11.3 Å². The minimum atomic E-state index is -0.201. The molecule has 13 heavy (non-hydrogen) atoms. The van der Waals surface area contributed by atoms with Crippen molar-refractivity contribution in [3.8, 4) is 0 Å². The minimum absolute atomic E-state index is 0.201. The second kappa shape index (κ2) is 4.42. The van der Waals surface area contributed by atoms with Gasteiger partial charge in [-0.25, -0.2) is 4.79 Å². The lowest BCUT2D eigenvalue weighted by molar-refractivity contribution is 0.0525. The lowest BCUT2D eigenvalue weighted by Crippen LogP contribution is -2.06. The number of ether oxygens (including phenoxy) is 1. The maximum absolute atomic E-state index is 11.4. The highest BCUT2D eigenvalue weighted by Gasteiger charge is 2.15. The van der Waals surface area contributed by atoms with Gasteiger partial charge in [0.1, 0.15) is 0 Å². The third kappa shape index (κ3) is 2.31. The van der Waals surface area contributed by atoms with Crippen LogP contribution in [0.25, 0.3) is 0 Å². The molecule has 0 aliphatic rings. The summed E-state index contributed by atoms with van der Waals surface area (Å²) < 4.78 is 4.94. The first-order chi connectivity index (χ1) is 6.16. The molecule has 0 saturated carbocycles. The van der Waals surface area contributed by atoms with Crippen molar-refractivity contribution in [2.24, 2.45) is 0 Å². The van der Waals surface area contributed by atoms with E-state index in [1.54, 1.807) is 11.3 Å². The van der Waals surface area contributed by atoms with Gasteiger partial charge in [-0.05, 0) is 23.8 Å². The fourth-order valence-corrected chi connectivity index (χ4v) is 2.11. The summed E-state index contributed by atoms with van der Waals surface area (Å²) in [5.74, 6) is 0.179. The number of carbonyl (C=O) groups is 1. The van der Waals surface area contributed by atoms with Gasteiger partial charge in [0, 0.05) is 5.38 Å². The van der Waals surface area contributed by atoms with E-state index in [4.69, 9.17) is 4.74 Å². The average molecular weight is 198 g/mol. The summed E-state index contributed by atoms with van der Waals surface area (Å²) in [7, 11) is 0. The van der Waals surface area contributed by atoms with Gasteiger partial charge in [-0.3, -0.25) is 0 Å². The molecule has 0 aliphatic heterocycles. The lowest BCUT2D eigenvalue weighted by atomic mass is 10.0. The Labute approximate surface area is 82.5 Å². The molecular weight excluding hydrogens is 184 g/mol. The Kier molecular flexibility index (Phi) is 3.48. The number of esters is 1. The van der Waals surface area contributed by atoms with E-state index < -0.39 is 0 Å². The number of rotatable bonds is 3. The van der Waals surface area contributed by atoms with Gasteiger partial charge < -0.3 is 4.74 Å². The molecule has 0 aliphatic carbocycles. The van der Waals surface area contributed by atoms with Crippen LogP contribution in [0.2, 0.25) is 0 Å². The normalized spacial score (nSPS) is 10.5. The van der Waals surface area contributed by atoms with E-state index in [1.807, 2.05) is 17.7 Å². The second-order valence-corrected chi connectivity index (χ2v) is 3.86. The first kappa shape index (κ1) is 10.3. The van der Waals surface area contributed by atoms with Gasteiger partial charge in [0.25, 0.3) is 0 Å². The van der Waals surface area contributed by atoms with Crippen LogP contribution in [-0.4, -0.2) is 12.6 Å². The van der Waals surface area contributed by atoms with Crippen molar-refractivity contribution < 1.29 is 9.53 Å². The molecule has 0 atom stereocenters. The smallest absolute Gasteiger partial charge is 0.339 e. The van der Waals surface area contributed by atoms with Gasteiger partial charge in [-0.1, -0.05) is 13.8 Å². The highest BCUT2D eigenvalue weighted by atomic mass is 32.1. The van der Waals surface area contributed by atoms with Crippen LogP contribution in [0.1, 0.15) is 42.6 Å². The Balaban J connectivity index is 2.87. The number of carbonyl (C=O) groups excluding carboxylic acids is 1. The largest absolute Gasteiger partial charge is 0.462 e. The van der Waals surface area contributed by atoms with Crippen LogP contribution in [0.15, 0.2) is 10.8 Å². The lowest BCUT2D eigenvalue weighted by Gasteiger charge is -2.05. The van der Waals surface area contributed by atoms with Gasteiger partial charge in [0.2, 0.25) is 0 Å². The third-order valence-corrected chi connectivity index (χ3v) is 2.57. The fraction of sp³-hybridized carbons (Fsp3) is 0.500. The molecule has 0 bridgehead atoms. The van der Waals surface area contributed by atoms with Gasteiger partial charge in [0.15, 0.2) is 0 Å². The molecule has 3 heteroatoms. The number of hydrogen-bond acceptors (Lipinski definition) is 3. The maximum atomic E-state index is 11.4. The second-order valence-electron chi connectivity index (χ2n) is 3.12. The van der Waals surface area contributed by atoms with Crippen LogP contribution in [-0.2, 0) is 4.74 Å². The molecule has 1 aromatic heterocycles. The van der Waals surface area contributed by atoms with E-state index in [0.29, 0.717) is 12.5 Å². The minimum Gasteiger partial charge on any atom is -0.462 e. The Bertz CT molecular complexity index is 289. The zero-order valence-corrected chi connectivity index (χ0v) is 8.98. The van der Waals surface area contributed by atoms with Crippen molar-refractivity contribution in [2.75, 3.05) is 6.61 Å². The van der Waals surface area contributed by atoms with E-state index in [-0.39, 0.29) is 5.97 Å². The van der Waals surface area contributed by atoms with Crippen LogP contribution in [0.3, 0.4) is 0 Å². The predicted octanol–water partition coefficient (Wildman–Crippen LogP) is 3.05. The standard InChI is InChI=1S/C10H14O2S/c1-4-12-10(11)9-6-13-5-8(9)7(2)3/h5-7H,4H2,1-3H3. The Morgan fingerprint density at radius 2 is 2.23 bits per heavy atom. The quantitative estimate of drug-likeness (QED) is 0.698. The van der Waals surface area contributed by atoms with Gasteiger partial charge >= 0.3 is 5.97 Å². The van der Waals surface area contributed by atoms with Crippen LogP contribution in [0, 0.1) is 0 Å². The molecule has 0 fully saturated rings. The topological polar surface area (TPSA) is 26.3 Å². The molecule has 1 aromatic rings. The third-order valence-electron chi connectivity index (χ3n) is 1.81. The number of thiophene rings is 1. The molecule has 72 valence electrons. The van der Waals surface area contributed by atoms with Gasteiger partial charge in [-0.15, -0.1) is 0 Å². The molecule has 0 unspecified atom stereocenters. The molecule has 2 nitrogen and oxygen atoms in total. The van der Waals surface area contributed by atoms with Crippen LogP contribution in [0.4, 0.5) is 0 Å². The molecular formula is C10H14O2S. The Hall–Kier alpha value is -0.830. The molecule has 0 amide bonds. The highest BCUT2D eigenvalue weighted by molar-refractivity contribution is 7.08. The predicted molar refractivity (Wildman–Crippen MR) is 54.4 cm³/mol. The van der Waals surface area contributed by atoms with Crippen LogP contribution >= 0.6 is 11.3 Å². The Morgan fingerprint density at radius 3 is 2.77 bits per heavy atom. The summed E-state index contributed by atoms with van der Waals surface area (Å²) in [4.78, 5) is 11.4. The maximum Gasteiger partial charge on any atom is 0.339 e. The average Bonchev–Trinajstić information content (AvgIpc) is 2.52. The van der Waals surface area contributed by atoms with Crippen LogP contribution < -0.4 is 0 Å². The fourth-order valence-electron chi connectivity index (χ4n) is 1.13. The van der Waals surface area contributed by atoms with E-state index in [1.165, 1.54) is 0 Å². The highest BCUT2D eigenvalue weighted by Crippen LogP contribution is 2.24. The first-order valence-corrected chi connectivity index (χ1v) is 5.34. The summed E-state index contributed by atoms with van der Waals surface area (Å²) in [6.07, 6.45) is 0.